The fourth-order valence-corrected chi connectivity index (χ4v) is 5.62. The molecule has 0 saturated carbocycles. The molecule has 0 spiro atoms. The maximum Gasteiger partial charge on any atom is 0.250 e. The highest BCUT2D eigenvalue weighted by Gasteiger charge is 2.35. The number of furan rings is 1. The van der Waals surface area contributed by atoms with Crippen molar-refractivity contribution in [1.82, 2.24) is 9.47 Å². The topological polar surface area (TPSA) is 75.7 Å². The molecule has 2 atom stereocenters. The molecule has 172 valence electrons. The van der Waals surface area contributed by atoms with Crippen LogP contribution in [0.4, 0.5) is 4.39 Å². The number of likely N-dealkylation sites (tertiary alicyclic amines) is 1. The monoisotopic (exact) mass is 458 g/mol. The fraction of sp³-hybridized carbons (Fsp3) is 0.259. The number of carbonyl (C=O) groups excluding carboxylic acids is 1. The molecule has 2 aliphatic rings. The molecule has 0 amide bonds. The van der Waals surface area contributed by atoms with Gasteiger partial charge in [0, 0.05) is 60.4 Å². The van der Waals surface area contributed by atoms with E-state index in [0.717, 1.165) is 25.2 Å². The highest BCUT2D eigenvalue weighted by Crippen LogP contribution is 2.38. The summed E-state index contributed by atoms with van der Waals surface area (Å²) in [4.78, 5) is 27.8. The van der Waals surface area contributed by atoms with Crippen LogP contribution in [-0.2, 0) is 13.1 Å². The van der Waals surface area contributed by atoms with E-state index in [-0.39, 0.29) is 23.0 Å². The lowest BCUT2D eigenvalue weighted by atomic mass is 9.83. The number of hydrogen-bond donors (Lipinski definition) is 1. The Morgan fingerprint density at radius 3 is 2.71 bits per heavy atom. The third kappa shape index (κ3) is 3.44. The molecule has 2 aromatic carbocycles. The van der Waals surface area contributed by atoms with E-state index in [1.165, 1.54) is 30.5 Å². The first-order valence-electron chi connectivity index (χ1n) is 11.4. The van der Waals surface area contributed by atoms with Crippen LogP contribution in [0.1, 0.15) is 39.5 Å². The number of halogens is 1. The van der Waals surface area contributed by atoms with Gasteiger partial charge >= 0.3 is 0 Å². The van der Waals surface area contributed by atoms with Crippen LogP contribution in [0.3, 0.4) is 0 Å². The van der Waals surface area contributed by atoms with Crippen molar-refractivity contribution in [3.8, 4) is 5.75 Å². The van der Waals surface area contributed by atoms with E-state index in [9.17, 15) is 19.1 Å². The Morgan fingerprint density at radius 1 is 1.06 bits per heavy atom. The van der Waals surface area contributed by atoms with Gasteiger partial charge in [-0.2, -0.15) is 0 Å². The van der Waals surface area contributed by atoms with Crippen LogP contribution >= 0.6 is 0 Å². The van der Waals surface area contributed by atoms with Crippen molar-refractivity contribution < 1.29 is 18.7 Å². The molecular formula is C27H23FN2O4. The van der Waals surface area contributed by atoms with E-state index < -0.39 is 5.82 Å². The summed E-state index contributed by atoms with van der Waals surface area (Å²) in [5, 5.41) is 11.4. The quantitative estimate of drug-likeness (QED) is 0.462. The van der Waals surface area contributed by atoms with E-state index in [2.05, 4.69) is 4.90 Å². The van der Waals surface area contributed by atoms with Gasteiger partial charge in [-0.15, -0.1) is 0 Å². The summed E-state index contributed by atoms with van der Waals surface area (Å²) in [7, 11) is 0. The van der Waals surface area contributed by atoms with Gasteiger partial charge in [0.2, 0.25) is 0 Å². The summed E-state index contributed by atoms with van der Waals surface area (Å²) in [6, 6.07) is 14.1. The standard InChI is InChI=1S/C27H23FN2O4/c28-19-6-4-17(5-7-19)27(33)21-15-34-24-9-8-23(31)20(26(21)24)14-29-11-16-10-18(13-29)22-2-1-3-25(32)30(22)12-16/h1-9,15-16,18,31H,10-14H2. The van der Waals surface area contributed by atoms with Gasteiger partial charge in [-0.25, -0.2) is 4.39 Å². The molecule has 1 N–H and O–H groups in total. The van der Waals surface area contributed by atoms with Crippen molar-refractivity contribution in [3.05, 3.63) is 99.4 Å². The molecule has 1 fully saturated rings. The smallest absolute Gasteiger partial charge is 0.250 e. The van der Waals surface area contributed by atoms with Gasteiger partial charge in [-0.3, -0.25) is 14.5 Å². The van der Waals surface area contributed by atoms with Gasteiger partial charge < -0.3 is 14.1 Å². The molecule has 1 saturated heterocycles. The van der Waals surface area contributed by atoms with E-state index in [1.54, 1.807) is 18.2 Å². The summed E-state index contributed by atoms with van der Waals surface area (Å²) < 4.78 is 20.9. The summed E-state index contributed by atoms with van der Waals surface area (Å²) in [5.41, 5.74) is 2.97. The number of rotatable bonds is 4. The Morgan fingerprint density at radius 2 is 1.88 bits per heavy atom. The second-order valence-corrected chi connectivity index (χ2v) is 9.31. The number of pyridine rings is 1. The van der Waals surface area contributed by atoms with Crippen LogP contribution in [0, 0.1) is 11.7 Å². The van der Waals surface area contributed by atoms with Crippen LogP contribution in [0.5, 0.6) is 5.75 Å². The summed E-state index contributed by atoms with van der Waals surface area (Å²) in [5.74, 6) is 0.0000187. The second kappa shape index (κ2) is 7.95. The fourth-order valence-electron chi connectivity index (χ4n) is 5.62. The van der Waals surface area contributed by atoms with Crippen LogP contribution in [0.15, 0.2) is 70.1 Å². The number of fused-ring (bicyclic) bond motifs is 5. The predicted octanol–water partition coefficient (Wildman–Crippen LogP) is 4.29. The first-order valence-corrected chi connectivity index (χ1v) is 11.4. The third-order valence-corrected chi connectivity index (χ3v) is 7.11. The number of aromatic nitrogens is 1. The van der Waals surface area contributed by atoms with Crippen LogP contribution in [-0.4, -0.2) is 33.4 Å². The molecule has 2 aliphatic heterocycles. The second-order valence-electron chi connectivity index (χ2n) is 9.31. The van der Waals surface area contributed by atoms with Gasteiger partial charge in [0.15, 0.2) is 5.78 Å². The average molecular weight is 458 g/mol. The zero-order valence-corrected chi connectivity index (χ0v) is 18.4. The molecule has 2 bridgehead atoms. The lowest BCUT2D eigenvalue weighted by molar-refractivity contribution is 0.103. The SMILES string of the molecule is O=C(c1ccc(F)cc1)c1coc2ccc(O)c(CN3CC4CC(C3)c3cccc(=O)n3C4)c12. The maximum absolute atomic E-state index is 13.3. The average Bonchev–Trinajstić information content (AvgIpc) is 3.26. The number of nitrogens with zero attached hydrogens (tertiary/aromatic N) is 2. The number of carbonyl (C=O) groups is 1. The molecule has 2 unspecified atom stereocenters. The van der Waals surface area contributed by atoms with E-state index in [0.29, 0.717) is 46.7 Å². The van der Waals surface area contributed by atoms with Gasteiger partial charge in [0.05, 0.1) is 5.56 Å². The summed E-state index contributed by atoms with van der Waals surface area (Å²) in [6.45, 7) is 2.70. The van der Waals surface area contributed by atoms with Crippen LogP contribution in [0.25, 0.3) is 11.0 Å². The van der Waals surface area contributed by atoms with Crippen molar-refractivity contribution >= 4 is 16.8 Å². The molecule has 0 aliphatic carbocycles. The normalized spacial score (nSPS) is 19.8. The number of hydrogen-bond acceptors (Lipinski definition) is 5. The van der Waals surface area contributed by atoms with E-state index >= 15 is 0 Å². The Hall–Kier alpha value is -3.71. The first-order chi connectivity index (χ1) is 16.5. The Bertz CT molecular complexity index is 1470. The zero-order chi connectivity index (χ0) is 23.4. The molecule has 0 radical (unpaired) electrons. The number of piperidine rings is 1. The molecule has 6 rings (SSSR count). The Labute approximate surface area is 194 Å². The van der Waals surface area contributed by atoms with Crippen molar-refractivity contribution in [1.29, 1.82) is 0 Å². The summed E-state index contributed by atoms with van der Waals surface area (Å²) in [6.07, 6.45) is 2.45. The van der Waals surface area contributed by atoms with Crippen molar-refractivity contribution in [3.63, 3.8) is 0 Å². The number of ketones is 1. The van der Waals surface area contributed by atoms with Crippen molar-refractivity contribution in [2.75, 3.05) is 13.1 Å². The first kappa shape index (κ1) is 20.9. The Kier molecular flexibility index (Phi) is 4.88. The molecule has 7 heteroatoms. The van der Waals surface area contributed by atoms with Crippen LogP contribution in [0.2, 0.25) is 0 Å². The van der Waals surface area contributed by atoms with Gasteiger partial charge in [-0.05, 0) is 54.8 Å². The highest BCUT2D eigenvalue weighted by atomic mass is 19.1. The van der Waals surface area contributed by atoms with Crippen molar-refractivity contribution in [2.24, 2.45) is 5.92 Å². The minimum atomic E-state index is -0.411. The highest BCUT2D eigenvalue weighted by molar-refractivity contribution is 6.16. The molecule has 6 nitrogen and oxygen atoms in total. The van der Waals surface area contributed by atoms with Gasteiger partial charge in [0.1, 0.15) is 23.4 Å². The van der Waals surface area contributed by atoms with Gasteiger partial charge in [0.25, 0.3) is 5.56 Å². The number of aromatic hydroxyl groups is 1. The van der Waals surface area contributed by atoms with Gasteiger partial charge in [-0.1, -0.05) is 6.07 Å². The molecule has 34 heavy (non-hydrogen) atoms. The van der Waals surface area contributed by atoms with Crippen molar-refractivity contribution in [2.45, 2.75) is 25.4 Å². The minimum absolute atomic E-state index is 0.0467. The zero-order valence-electron chi connectivity index (χ0n) is 18.4. The number of phenolic OH excluding ortho intramolecular Hbond substituents is 1. The largest absolute Gasteiger partial charge is 0.508 e. The third-order valence-electron chi connectivity index (χ3n) is 7.11. The minimum Gasteiger partial charge on any atom is -0.508 e. The molecule has 4 aromatic rings. The molecular weight excluding hydrogens is 435 g/mol. The van der Waals surface area contributed by atoms with E-state index in [1.807, 2.05) is 16.7 Å². The number of benzene rings is 2. The summed E-state index contributed by atoms with van der Waals surface area (Å²) >= 11 is 0. The Balaban J connectivity index is 1.35. The lowest BCUT2D eigenvalue weighted by Crippen LogP contribution is -2.46. The van der Waals surface area contributed by atoms with Crippen LogP contribution < -0.4 is 5.56 Å². The molecule has 2 aromatic heterocycles. The van der Waals surface area contributed by atoms with E-state index in [4.69, 9.17) is 4.42 Å². The maximum atomic E-state index is 13.3. The lowest BCUT2D eigenvalue weighted by Gasteiger charge is -2.42. The number of phenols is 1. The predicted molar refractivity (Wildman–Crippen MR) is 125 cm³/mol. The molecule has 4 heterocycles.